The molecule has 1 aromatic carbocycles. The van der Waals surface area contributed by atoms with Crippen LogP contribution in [0.2, 0.25) is 0 Å². The summed E-state index contributed by atoms with van der Waals surface area (Å²) >= 11 is 0. The SMILES string of the molecule is C=CCOCC(O)CN(CCN(C)C)Cc1cccc(OC)c1. The van der Waals surface area contributed by atoms with Gasteiger partial charge in [-0.2, -0.15) is 0 Å². The lowest BCUT2D eigenvalue weighted by Gasteiger charge is -2.26. The van der Waals surface area contributed by atoms with E-state index in [1.807, 2.05) is 32.3 Å². The van der Waals surface area contributed by atoms with E-state index in [9.17, 15) is 5.11 Å². The Kier molecular flexibility index (Phi) is 9.55. The maximum absolute atomic E-state index is 10.2. The van der Waals surface area contributed by atoms with E-state index in [1.165, 1.54) is 5.56 Å². The van der Waals surface area contributed by atoms with E-state index in [1.54, 1.807) is 13.2 Å². The average Bonchev–Trinajstić information content (AvgIpc) is 2.53. The van der Waals surface area contributed by atoms with Gasteiger partial charge < -0.3 is 19.5 Å². The van der Waals surface area contributed by atoms with Crippen molar-refractivity contribution >= 4 is 0 Å². The smallest absolute Gasteiger partial charge is 0.119 e. The number of nitrogens with zero attached hydrogens (tertiary/aromatic N) is 2. The van der Waals surface area contributed by atoms with Gasteiger partial charge in [0.05, 0.1) is 26.4 Å². The van der Waals surface area contributed by atoms with Crippen LogP contribution in [0, 0.1) is 0 Å². The van der Waals surface area contributed by atoms with Gasteiger partial charge in [0.15, 0.2) is 0 Å². The van der Waals surface area contributed by atoms with Crippen LogP contribution in [-0.4, -0.2) is 75.1 Å². The molecule has 0 heterocycles. The Bertz CT molecular complexity index is 452. The van der Waals surface area contributed by atoms with Crippen molar-refractivity contribution in [1.29, 1.82) is 0 Å². The molecule has 1 rings (SSSR count). The highest BCUT2D eigenvalue weighted by Crippen LogP contribution is 2.14. The molecule has 0 fully saturated rings. The van der Waals surface area contributed by atoms with Crippen LogP contribution in [0.3, 0.4) is 0 Å². The lowest BCUT2D eigenvalue weighted by Crippen LogP contribution is -2.38. The van der Waals surface area contributed by atoms with Crippen molar-refractivity contribution in [2.45, 2.75) is 12.6 Å². The molecule has 0 amide bonds. The molecule has 1 aromatic rings. The molecule has 5 heteroatoms. The van der Waals surface area contributed by atoms with Gasteiger partial charge in [0, 0.05) is 26.2 Å². The summed E-state index contributed by atoms with van der Waals surface area (Å²) in [6.45, 7) is 7.54. The van der Waals surface area contributed by atoms with E-state index in [-0.39, 0.29) is 0 Å². The third kappa shape index (κ3) is 8.71. The summed E-state index contributed by atoms with van der Waals surface area (Å²) in [6, 6.07) is 8.03. The van der Waals surface area contributed by atoms with E-state index >= 15 is 0 Å². The van der Waals surface area contributed by atoms with Gasteiger partial charge in [-0.1, -0.05) is 18.2 Å². The number of benzene rings is 1. The Labute approximate surface area is 140 Å². The van der Waals surface area contributed by atoms with Crippen LogP contribution in [0.25, 0.3) is 0 Å². The average molecular weight is 322 g/mol. The first-order valence-electron chi connectivity index (χ1n) is 7.92. The summed E-state index contributed by atoms with van der Waals surface area (Å²) < 4.78 is 10.6. The summed E-state index contributed by atoms with van der Waals surface area (Å²) in [7, 11) is 5.77. The van der Waals surface area contributed by atoms with Gasteiger partial charge in [-0.3, -0.25) is 4.90 Å². The zero-order valence-electron chi connectivity index (χ0n) is 14.6. The monoisotopic (exact) mass is 322 g/mol. The lowest BCUT2D eigenvalue weighted by molar-refractivity contribution is 0.0235. The van der Waals surface area contributed by atoms with Crippen molar-refractivity contribution in [3.05, 3.63) is 42.5 Å². The molecule has 1 N–H and O–H groups in total. The van der Waals surface area contributed by atoms with E-state index in [2.05, 4.69) is 22.4 Å². The first-order valence-corrected chi connectivity index (χ1v) is 7.92. The molecule has 5 nitrogen and oxygen atoms in total. The minimum absolute atomic E-state index is 0.322. The number of methoxy groups -OCH3 is 1. The second-order valence-electron chi connectivity index (χ2n) is 5.87. The van der Waals surface area contributed by atoms with Crippen molar-refractivity contribution < 1.29 is 14.6 Å². The number of aliphatic hydroxyl groups is 1. The van der Waals surface area contributed by atoms with Crippen LogP contribution in [0.1, 0.15) is 5.56 Å². The number of hydrogen-bond donors (Lipinski definition) is 1. The van der Waals surface area contributed by atoms with Crippen molar-refractivity contribution in [2.75, 3.05) is 54.1 Å². The van der Waals surface area contributed by atoms with Crippen molar-refractivity contribution in [3.63, 3.8) is 0 Å². The van der Waals surface area contributed by atoms with Gasteiger partial charge in [0.2, 0.25) is 0 Å². The molecular weight excluding hydrogens is 292 g/mol. The van der Waals surface area contributed by atoms with Crippen LogP contribution >= 0.6 is 0 Å². The third-order valence-electron chi connectivity index (χ3n) is 3.42. The Morgan fingerprint density at radius 1 is 1.30 bits per heavy atom. The molecule has 23 heavy (non-hydrogen) atoms. The Hall–Kier alpha value is -1.40. The number of ether oxygens (including phenoxy) is 2. The molecule has 0 spiro atoms. The maximum Gasteiger partial charge on any atom is 0.119 e. The molecule has 0 saturated heterocycles. The standard InChI is InChI=1S/C18H30N2O3/c1-5-11-23-15-17(21)14-20(10-9-19(2)3)13-16-7-6-8-18(12-16)22-4/h5-8,12,17,21H,1,9-11,13-15H2,2-4H3. The predicted molar refractivity (Wildman–Crippen MR) is 93.8 cm³/mol. The summed E-state index contributed by atoms with van der Waals surface area (Å²) in [4.78, 5) is 4.37. The number of hydrogen-bond acceptors (Lipinski definition) is 5. The third-order valence-corrected chi connectivity index (χ3v) is 3.42. The minimum atomic E-state index is -0.511. The topological polar surface area (TPSA) is 45.2 Å². The number of aliphatic hydroxyl groups excluding tert-OH is 1. The van der Waals surface area contributed by atoms with Crippen molar-refractivity contribution in [1.82, 2.24) is 9.80 Å². The fourth-order valence-electron chi connectivity index (χ4n) is 2.24. The molecule has 0 aliphatic rings. The summed E-state index contributed by atoms with van der Waals surface area (Å²) in [5.74, 6) is 0.852. The minimum Gasteiger partial charge on any atom is -0.497 e. The quantitative estimate of drug-likeness (QED) is 0.468. The Balaban J connectivity index is 2.61. The molecular formula is C18H30N2O3. The second kappa shape index (κ2) is 11.2. The first kappa shape index (κ1) is 19.6. The maximum atomic E-state index is 10.2. The molecule has 0 radical (unpaired) electrons. The van der Waals surface area contributed by atoms with E-state index in [4.69, 9.17) is 9.47 Å². The highest BCUT2D eigenvalue weighted by molar-refractivity contribution is 5.28. The second-order valence-corrected chi connectivity index (χ2v) is 5.87. The van der Waals surface area contributed by atoms with E-state index in [0.717, 1.165) is 25.4 Å². The largest absolute Gasteiger partial charge is 0.497 e. The van der Waals surface area contributed by atoms with Crippen LogP contribution < -0.4 is 4.74 Å². The van der Waals surface area contributed by atoms with Crippen LogP contribution in [0.15, 0.2) is 36.9 Å². The Morgan fingerprint density at radius 3 is 2.74 bits per heavy atom. The molecule has 1 unspecified atom stereocenters. The van der Waals surface area contributed by atoms with Crippen LogP contribution in [0.4, 0.5) is 0 Å². The van der Waals surface area contributed by atoms with Crippen LogP contribution in [0.5, 0.6) is 5.75 Å². The van der Waals surface area contributed by atoms with Gasteiger partial charge in [-0.25, -0.2) is 0 Å². The lowest BCUT2D eigenvalue weighted by atomic mass is 10.2. The zero-order chi connectivity index (χ0) is 17.1. The van der Waals surface area contributed by atoms with Gasteiger partial charge >= 0.3 is 0 Å². The normalized spacial score (nSPS) is 12.6. The van der Waals surface area contributed by atoms with Gasteiger partial charge in [-0.15, -0.1) is 6.58 Å². The van der Waals surface area contributed by atoms with Gasteiger partial charge in [0.25, 0.3) is 0 Å². The molecule has 0 bridgehead atoms. The van der Waals surface area contributed by atoms with Crippen molar-refractivity contribution in [3.8, 4) is 5.75 Å². The first-order chi connectivity index (χ1) is 11.0. The molecule has 0 saturated carbocycles. The van der Waals surface area contributed by atoms with Gasteiger partial charge in [-0.05, 0) is 31.8 Å². The zero-order valence-corrected chi connectivity index (χ0v) is 14.6. The molecule has 0 aliphatic carbocycles. The highest BCUT2D eigenvalue weighted by Gasteiger charge is 2.13. The van der Waals surface area contributed by atoms with Crippen LogP contribution in [-0.2, 0) is 11.3 Å². The molecule has 130 valence electrons. The highest BCUT2D eigenvalue weighted by atomic mass is 16.5. The van der Waals surface area contributed by atoms with E-state index in [0.29, 0.717) is 19.8 Å². The van der Waals surface area contributed by atoms with Gasteiger partial charge in [0.1, 0.15) is 5.75 Å². The Morgan fingerprint density at radius 2 is 2.09 bits per heavy atom. The summed E-state index contributed by atoms with van der Waals surface area (Å²) in [5.41, 5.74) is 1.17. The fourth-order valence-corrected chi connectivity index (χ4v) is 2.24. The van der Waals surface area contributed by atoms with Crippen molar-refractivity contribution in [2.24, 2.45) is 0 Å². The molecule has 1 atom stereocenters. The fraction of sp³-hybridized carbons (Fsp3) is 0.556. The summed E-state index contributed by atoms with van der Waals surface area (Å²) in [5, 5.41) is 10.2. The summed E-state index contributed by atoms with van der Waals surface area (Å²) in [6.07, 6.45) is 1.18. The molecule has 0 aliphatic heterocycles. The van der Waals surface area contributed by atoms with E-state index < -0.39 is 6.10 Å². The number of rotatable bonds is 12. The number of likely N-dealkylation sites (N-methyl/N-ethyl adjacent to an activating group) is 1. The predicted octanol–water partition coefficient (Wildman–Crippen LogP) is 1.62. The molecule has 0 aromatic heterocycles.